The second-order valence-electron chi connectivity index (χ2n) is 5.79. The van der Waals surface area contributed by atoms with Crippen molar-refractivity contribution in [1.82, 2.24) is 10.0 Å². The lowest BCUT2D eigenvalue weighted by molar-refractivity contribution is -0.0350. The first kappa shape index (κ1) is 14.9. The van der Waals surface area contributed by atoms with Crippen LogP contribution in [-0.2, 0) is 5.41 Å². The molecule has 20 heavy (non-hydrogen) atoms. The fourth-order valence-corrected chi connectivity index (χ4v) is 2.93. The maximum atomic E-state index is 11.3. The molecule has 1 aliphatic rings. The van der Waals surface area contributed by atoms with Gasteiger partial charge in [0.15, 0.2) is 0 Å². The van der Waals surface area contributed by atoms with Crippen LogP contribution in [0.1, 0.15) is 38.7 Å². The molecule has 0 aliphatic carbocycles. The monoisotopic (exact) mass is 276 g/mol. The highest BCUT2D eigenvalue weighted by Crippen LogP contribution is 2.35. The van der Waals surface area contributed by atoms with E-state index >= 15 is 0 Å². The van der Waals surface area contributed by atoms with Gasteiger partial charge in [-0.2, -0.15) is 0 Å². The highest BCUT2D eigenvalue weighted by atomic mass is 16.4. The Hall–Kier alpha value is -1.55. The molecular formula is C16H24N2O2. The SMILES string of the molecule is CCCN(C(=O)O)N1CCC(C)(c2ccccc2)CC1. The molecule has 4 heteroatoms. The highest BCUT2D eigenvalue weighted by Gasteiger charge is 2.34. The number of nitrogens with zero attached hydrogens (tertiary/aromatic N) is 2. The van der Waals surface area contributed by atoms with Gasteiger partial charge >= 0.3 is 6.09 Å². The summed E-state index contributed by atoms with van der Waals surface area (Å²) < 4.78 is 0. The van der Waals surface area contributed by atoms with Gasteiger partial charge in [-0.05, 0) is 30.2 Å². The molecule has 2 rings (SSSR count). The molecule has 1 heterocycles. The summed E-state index contributed by atoms with van der Waals surface area (Å²) in [6, 6.07) is 10.5. The van der Waals surface area contributed by atoms with E-state index in [9.17, 15) is 9.90 Å². The molecule has 0 atom stereocenters. The fraction of sp³-hybridized carbons (Fsp3) is 0.562. The van der Waals surface area contributed by atoms with Crippen LogP contribution in [0.2, 0.25) is 0 Å². The van der Waals surface area contributed by atoms with Crippen LogP contribution < -0.4 is 0 Å². The largest absolute Gasteiger partial charge is 0.464 e. The van der Waals surface area contributed by atoms with E-state index in [4.69, 9.17) is 0 Å². The molecule has 0 bridgehead atoms. The van der Waals surface area contributed by atoms with Crippen LogP contribution in [0.3, 0.4) is 0 Å². The zero-order valence-corrected chi connectivity index (χ0v) is 12.4. The zero-order chi connectivity index (χ0) is 14.6. The Kier molecular flexibility index (Phi) is 4.65. The predicted molar refractivity (Wildman–Crippen MR) is 79.6 cm³/mol. The van der Waals surface area contributed by atoms with E-state index in [0.717, 1.165) is 32.4 Å². The van der Waals surface area contributed by atoms with Gasteiger partial charge in [0, 0.05) is 19.6 Å². The standard InChI is InChI=1S/C16H24N2O2/c1-3-11-18(15(19)20)17-12-9-16(2,10-13-17)14-7-5-4-6-8-14/h4-8H,3,9-13H2,1-2H3,(H,19,20). The lowest BCUT2D eigenvalue weighted by Crippen LogP contribution is -2.52. The van der Waals surface area contributed by atoms with Crippen LogP contribution in [0.5, 0.6) is 0 Å². The van der Waals surface area contributed by atoms with Crippen LogP contribution in [-0.4, -0.2) is 40.9 Å². The number of hydrogen-bond donors (Lipinski definition) is 1. The van der Waals surface area contributed by atoms with Crippen LogP contribution in [0, 0.1) is 0 Å². The third-order valence-corrected chi connectivity index (χ3v) is 4.31. The molecule has 0 spiro atoms. The van der Waals surface area contributed by atoms with Gasteiger partial charge in [0.1, 0.15) is 0 Å². The van der Waals surface area contributed by atoms with E-state index in [1.54, 1.807) is 0 Å². The molecule has 1 saturated heterocycles. The molecule has 1 aromatic rings. The predicted octanol–water partition coefficient (Wildman–Crippen LogP) is 3.35. The number of piperidine rings is 1. The van der Waals surface area contributed by atoms with Crippen LogP contribution in [0.15, 0.2) is 30.3 Å². The topological polar surface area (TPSA) is 43.8 Å². The molecule has 1 fully saturated rings. The Bertz CT molecular complexity index is 439. The molecule has 0 unspecified atom stereocenters. The zero-order valence-electron chi connectivity index (χ0n) is 12.4. The van der Waals surface area contributed by atoms with Gasteiger partial charge in [-0.25, -0.2) is 14.8 Å². The average Bonchev–Trinajstić information content (AvgIpc) is 2.47. The second kappa shape index (κ2) is 6.27. The summed E-state index contributed by atoms with van der Waals surface area (Å²) in [5, 5.41) is 12.7. The van der Waals surface area contributed by atoms with Crippen LogP contribution >= 0.6 is 0 Å². The minimum absolute atomic E-state index is 0.161. The fourth-order valence-electron chi connectivity index (χ4n) is 2.93. The summed E-state index contributed by atoms with van der Waals surface area (Å²) in [7, 11) is 0. The molecule has 1 aromatic carbocycles. The van der Waals surface area contributed by atoms with Crippen molar-refractivity contribution >= 4 is 6.09 Å². The molecule has 110 valence electrons. The lowest BCUT2D eigenvalue weighted by atomic mass is 9.75. The van der Waals surface area contributed by atoms with E-state index in [0.29, 0.717) is 6.54 Å². The van der Waals surface area contributed by atoms with Crippen molar-refractivity contribution in [2.75, 3.05) is 19.6 Å². The Morgan fingerprint density at radius 1 is 1.30 bits per heavy atom. The van der Waals surface area contributed by atoms with Gasteiger partial charge in [-0.1, -0.05) is 44.2 Å². The first-order chi connectivity index (χ1) is 9.57. The minimum atomic E-state index is -0.838. The smallest absolute Gasteiger partial charge is 0.421 e. The van der Waals surface area contributed by atoms with Gasteiger partial charge < -0.3 is 5.11 Å². The number of carboxylic acid groups (broad SMARTS) is 1. The Morgan fingerprint density at radius 3 is 2.40 bits per heavy atom. The maximum Gasteiger partial charge on any atom is 0.421 e. The maximum absolute atomic E-state index is 11.3. The molecule has 1 N–H and O–H groups in total. The number of carbonyl (C=O) groups is 1. The Morgan fingerprint density at radius 2 is 1.90 bits per heavy atom. The minimum Gasteiger partial charge on any atom is -0.464 e. The van der Waals surface area contributed by atoms with Crippen molar-refractivity contribution in [3.8, 4) is 0 Å². The molecule has 1 aliphatic heterocycles. The quantitative estimate of drug-likeness (QED) is 0.917. The van der Waals surface area contributed by atoms with Crippen LogP contribution in [0.4, 0.5) is 4.79 Å². The number of amides is 1. The Balaban J connectivity index is 2.03. The van der Waals surface area contributed by atoms with Crippen molar-refractivity contribution in [2.45, 2.75) is 38.5 Å². The molecule has 0 aromatic heterocycles. The van der Waals surface area contributed by atoms with Gasteiger partial charge in [0.05, 0.1) is 0 Å². The third kappa shape index (κ3) is 3.12. The first-order valence-electron chi connectivity index (χ1n) is 7.37. The number of rotatable bonds is 4. The van der Waals surface area contributed by atoms with Crippen molar-refractivity contribution in [1.29, 1.82) is 0 Å². The van der Waals surface area contributed by atoms with Crippen molar-refractivity contribution in [2.24, 2.45) is 0 Å². The summed E-state index contributed by atoms with van der Waals surface area (Å²) >= 11 is 0. The average molecular weight is 276 g/mol. The summed E-state index contributed by atoms with van der Waals surface area (Å²) in [6.07, 6.45) is 1.99. The second-order valence-corrected chi connectivity index (χ2v) is 5.79. The summed E-state index contributed by atoms with van der Waals surface area (Å²) in [5.41, 5.74) is 1.52. The molecule has 1 amide bonds. The summed E-state index contributed by atoms with van der Waals surface area (Å²) in [6.45, 7) is 6.48. The summed E-state index contributed by atoms with van der Waals surface area (Å²) in [4.78, 5) is 11.3. The van der Waals surface area contributed by atoms with E-state index < -0.39 is 6.09 Å². The van der Waals surface area contributed by atoms with E-state index in [2.05, 4.69) is 31.2 Å². The van der Waals surface area contributed by atoms with Gasteiger partial charge in [0.2, 0.25) is 0 Å². The number of hydrazine groups is 1. The normalized spacial score (nSPS) is 18.7. The van der Waals surface area contributed by atoms with Crippen LogP contribution in [0.25, 0.3) is 0 Å². The van der Waals surface area contributed by atoms with Gasteiger partial charge in [-0.3, -0.25) is 0 Å². The number of benzene rings is 1. The third-order valence-electron chi connectivity index (χ3n) is 4.31. The Labute approximate surface area is 121 Å². The molecule has 0 saturated carbocycles. The van der Waals surface area contributed by atoms with Crippen molar-refractivity contribution in [3.05, 3.63) is 35.9 Å². The van der Waals surface area contributed by atoms with E-state index in [1.165, 1.54) is 10.6 Å². The van der Waals surface area contributed by atoms with E-state index in [1.807, 2.05) is 18.0 Å². The van der Waals surface area contributed by atoms with Crippen molar-refractivity contribution in [3.63, 3.8) is 0 Å². The summed E-state index contributed by atoms with van der Waals surface area (Å²) in [5.74, 6) is 0. The molecule has 0 radical (unpaired) electrons. The first-order valence-corrected chi connectivity index (χ1v) is 7.37. The molecule has 4 nitrogen and oxygen atoms in total. The lowest BCUT2D eigenvalue weighted by Gasteiger charge is -2.43. The van der Waals surface area contributed by atoms with Gasteiger partial charge in [0.25, 0.3) is 0 Å². The van der Waals surface area contributed by atoms with Gasteiger partial charge in [-0.15, -0.1) is 0 Å². The molecular weight excluding hydrogens is 252 g/mol. The number of hydrogen-bond acceptors (Lipinski definition) is 2. The van der Waals surface area contributed by atoms with E-state index in [-0.39, 0.29) is 5.41 Å². The highest BCUT2D eigenvalue weighted by molar-refractivity contribution is 5.64. The van der Waals surface area contributed by atoms with Crippen molar-refractivity contribution < 1.29 is 9.90 Å².